The van der Waals surface area contributed by atoms with Gasteiger partial charge in [-0.15, -0.1) is 0 Å². The Hall–Kier alpha value is -4.77. The third kappa shape index (κ3) is 16.9. The van der Waals surface area contributed by atoms with Crippen LogP contribution in [0.15, 0.2) is 42.5 Å². The smallest absolute Gasteiger partial charge is 0.410 e. The van der Waals surface area contributed by atoms with Crippen LogP contribution >= 0.6 is 34.8 Å². The molecule has 1 aliphatic heterocycles. The van der Waals surface area contributed by atoms with Crippen molar-refractivity contribution in [2.45, 2.75) is 112 Å². The number of amides is 5. The highest BCUT2D eigenvalue weighted by Gasteiger charge is 2.32. The van der Waals surface area contributed by atoms with Crippen LogP contribution in [0.2, 0.25) is 15.1 Å². The average molecular weight is 964 g/mol. The molecule has 1 fully saturated rings. The molecule has 2 N–H and O–H groups in total. The van der Waals surface area contributed by atoms with Gasteiger partial charge < -0.3 is 34.6 Å². The van der Waals surface area contributed by atoms with Crippen LogP contribution in [0.1, 0.15) is 104 Å². The first kappa shape index (κ1) is 52.9. The van der Waals surface area contributed by atoms with Gasteiger partial charge in [-0.05, 0) is 119 Å². The number of rotatable bonds is 16. The second-order valence-corrected chi connectivity index (χ2v) is 20.1. The summed E-state index contributed by atoms with van der Waals surface area (Å²) in [5.74, 6) is -0.915. The fraction of sp³-hybridized carbons (Fsp3) is 0.565. The number of carbonyl (C=O) groups is 5. The molecule has 5 amide bonds. The van der Waals surface area contributed by atoms with Gasteiger partial charge >= 0.3 is 18.3 Å². The van der Waals surface area contributed by atoms with Gasteiger partial charge in [0.2, 0.25) is 5.91 Å². The van der Waals surface area contributed by atoms with Crippen molar-refractivity contribution in [2.75, 3.05) is 58.9 Å². The minimum Gasteiger partial charge on any atom is -0.444 e. The van der Waals surface area contributed by atoms with Crippen molar-refractivity contribution in [1.82, 2.24) is 40.2 Å². The number of piperidine rings is 1. The van der Waals surface area contributed by atoms with E-state index in [2.05, 4.69) is 10.6 Å². The lowest BCUT2D eigenvalue weighted by Crippen LogP contribution is -2.53. The SMILES string of the molecule is Cc1c(C(=O)N(CC(=O)NCCN(CCCN(CCNC(=O)OC(C)(C)C)C(=O)OC(C)(C)C)C(=O)OC(C)(C)C)N2CCCCC2)nn(-c2ccc(Cl)cc2Cl)c1-c1ccc(Cl)cc1. The molecule has 1 saturated heterocycles. The summed E-state index contributed by atoms with van der Waals surface area (Å²) in [7, 11) is 0. The van der Waals surface area contributed by atoms with Crippen molar-refractivity contribution in [2.24, 2.45) is 0 Å². The van der Waals surface area contributed by atoms with Crippen LogP contribution in [0.25, 0.3) is 16.9 Å². The lowest BCUT2D eigenvalue weighted by atomic mass is 10.1. The number of carbonyl (C=O) groups excluding carboxylic acids is 5. The molecular weight excluding hydrogens is 899 g/mol. The van der Waals surface area contributed by atoms with Crippen LogP contribution in [0.4, 0.5) is 14.4 Å². The van der Waals surface area contributed by atoms with Crippen LogP contribution in [0.3, 0.4) is 0 Å². The predicted octanol–water partition coefficient (Wildman–Crippen LogP) is 9.16. The zero-order valence-electron chi connectivity index (χ0n) is 39.3. The van der Waals surface area contributed by atoms with Crippen molar-refractivity contribution in [3.63, 3.8) is 0 Å². The summed E-state index contributed by atoms with van der Waals surface area (Å²) in [6, 6.07) is 12.2. The lowest BCUT2D eigenvalue weighted by Gasteiger charge is -2.36. The highest BCUT2D eigenvalue weighted by Crippen LogP contribution is 2.34. The third-order valence-corrected chi connectivity index (χ3v) is 10.5. The van der Waals surface area contributed by atoms with Crippen LogP contribution in [0, 0.1) is 6.92 Å². The molecule has 1 aromatic heterocycles. The summed E-state index contributed by atoms with van der Waals surface area (Å²) in [6.07, 6.45) is 1.20. The summed E-state index contributed by atoms with van der Waals surface area (Å²) in [4.78, 5) is 70.4. The maximum Gasteiger partial charge on any atom is 0.410 e. The molecular formula is C46H65Cl3N8O8. The molecule has 2 heterocycles. The molecule has 358 valence electrons. The molecule has 0 spiro atoms. The standard InChI is InChI=1S/C46H65Cl3N8O8/c1-31-38(52-57(36-20-19-34(48)29-35(36)49)39(31)32-15-17-33(47)18-16-32)40(59)56(55-25-12-11-13-26-55)30-37(58)50-21-27-53(42(61)64-45(5,6)7)23-14-24-54(43(62)65-46(8,9)10)28-22-51-41(60)63-44(2,3)4/h15-20,29H,11-14,21-28,30H2,1-10H3,(H,50,58)(H,51,60). The van der Waals surface area contributed by atoms with Gasteiger partial charge in [-0.3, -0.25) is 14.6 Å². The molecule has 1 aliphatic rings. The molecule has 0 unspecified atom stereocenters. The molecule has 65 heavy (non-hydrogen) atoms. The average Bonchev–Trinajstić information content (AvgIpc) is 3.53. The Morgan fingerprint density at radius 1 is 0.692 bits per heavy atom. The van der Waals surface area contributed by atoms with Crippen LogP contribution in [0.5, 0.6) is 0 Å². The van der Waals surface area contributed by atoms with Gasteiger partial charge in [-0.1, -0.05) is 53.4 Å². The van der Waals surface area contributed by atoms with E-state index in [1.54, 1.807) is 104 Å². The van der Waals surface area contributed by atoms with Crippen molar-refractivity contribution < 1.29 is 38.2 Å². The quantitative estimate of drug-likeness (QED) is 0.132. The number of benzene rings is 2. The summed E-state index contributed by atoms with van der Waals surface area (Å²) >= 11 is 19.2. The molecule has 19 heteroatoms. The van der Waals surface area contributed by atoms with Gasteiger partial charge in [-0.25, -0.2) is 24.1 Å². The maximum absolute atomic E-state index is 14.7. The number of alkyl carbamates (subject to hydrolysis) is 1. The largest absolute Gasteiger partial charge is 0.444 e. The van der Waals surface area contributed by atoms with Crippen molar-refractivity contribution in [3.05, 3.63) is 68.8 Å². The minimum absolute atomic E-state index is 0.0408. The fourth-order valence-electron chi connectivity index (χ4n) is 6.84. The molecule has 0 radical (unpaired) electrons. The van der Waals surface area contributed by atoms with Crippen LogP contribution < -0.4 is 10.6 Å². The second-order valence-electron chi connectivity index (χ2n) is 18.8. The monoisotopic (exact) mass is 962 g/mol. The van der Waals surface area contributed by atoms with Gasteiger partial charge in [0.1, 0.15) is 23.3 Å². The fourth-order valence-corrected chi connectivity index (χ4v) is 7.45. The zero-order valence-corrected chi connectivity index (χ0v) is 41.6. The number of nitrogens with one attached hydrogen (secondary N) is 2. The van der Waals surface area contributed by atoms with Gasteiger partial charge in [0, 0.05) is 73.5 Å². The molecule has 0 saturated carbocycles. The number of hydrogen-bond acceptors (Lipinski definition) is 10. The van der Waals surface area contributed by atoms with E-state index in [0.717, 1.165) is 24.8 Å². The van der Waals surface area contributed by atoms with E-state index in [0.29, 0.717) is 51.5 Å². The van der Waals surface area contributed by atoms with E-state index in [1.165, 1.54) is 14.8 Å². The molecule has 16 nitrogen and oxygen atoms in total. The maximum atomic E-state index is 14.7. The topological polar surface area (TPSA) is 168 Å². The summed E-state index contributed by atoms with van der Waals surface area (Å²) in [6.45, 7) is 19.1. The Kier molecular flexibility index (Phi) is 18.8. The highest BCUT2D eigenvalue weighted by atomic mass is 35.5. The van der Waals surface area contributed by atoms with Gasteiger partial charge in [0.05, 0.1) is 16.4 Å². The highest BCUT2D eigenvalue weighted by molar-refractivity contribution is 6.35. The molecule has 2 aromatic carbocycles. The van der Waals surface area contributed by atoms with Crippen LogP contribution in [-0.4, -0.2) is 135 Å². The van der Waals surface area contributed by atoms with Crippen molar-refractivity contribution in [3.8, 4) is 16.9 Å². The first-order valence-electron chi connectivity index (χ1n) is 21.9. The third-order valence-electron chi connectivity index (χ3n) is 9.70. The number of ether oxygens (including phenoxy) is 3. The van der Waals surface area contributed by atoms with Crippen molar-refractivity contribution in [1.29, 1.82) is 0 Å². The van der Waals surface area contributed by atoms with E-state index in [9.17, 15) is 24.0 Å². The summed E-state index contributed by atoms with van der Waals surface area (Å²) in [5.41, 5.74) is 0.315. The van der Waals surface area contributed by atoms with Crippen LogP contribution in [-0.2, 0) is 19.0 Å². The number of aromatic nitrogens is 2. The Morgan fingerprint density at radius 2 is 1.22 bits per heavy atom. The summed E-state index contributed by atoms with van der Waals surface area (Å²) in [5, 5.41) is 15.0. The van der Waals surface area contributed by atoms with E-state index in [1.807, 2.05) is 17.1 Å². The first-order chi connectivity index (χ1) is 30.3. The van der Waals surface area contributed by atoms with E-state index < -0.39 is 46.9 Å². The Bertz CT molecular complexity index is 2120. The number of hydrogen-bond donors (Lipinski definition) is 2. The van der Waals surface area contributed by atoms with Gasteiger partial charge in [0.15, 0.2) is 5.69 Å². The second kappa shape index (κ2) is 23.1. The Balaban J connectivity index is 1.51. The molecule has 0 aliphatic carbocycles. The predicted molar refractivity (Wildman–Crippen MR) is 253 cm³/mol. The Morgan fingerprint density at radius 3 is 1.74 bits per heavy atom. The lowest BCUT2D eigenvalue weighted by molar-refractivity contribution is -0.126. The Labute approximate surface area is 398 Å². The molecule has 4 rings (SSSR count). The molecule has 0 bridgehead atoms. The number of hydrazine groups is 1. The number of halogens is 3. The first-order valence-corrected chi connectivity index (χ1v) is 23.0. The molecule has 0 atom stereocenters. The normalized spacial score (nSPS) is 13.4. The minimum atomic E-state index is -0.804. The molecule has 3 aromatic rings. The van der Waals surface area contributed by atoms with E-state index >= 15 is 0 Å². The van der Waals surface area contributed by atoms with E-state index in [-0.39, 0.29) is 51.5 Å². The zero-order chi connectivity index (χ0) is 48.3. The van der Waals surface area contributed by atoms with E-state index in [4.69, 9.17) is 54.1 Å². The number of nitrogens with zero attached hydrogens (tertiary/aromatic N) is 6. The van der Waals surface area contributed by atoms with Gasteiger partial charge in [0.25, 0.3) is 5.91 Å². The summed E-state index contributed by atoms with van der Waals surface area (Å²) < 4.78 is 18.3. The van der Waals surface area contributed by atoms with Crippen molar-refractivity contribution >= 4 is 64.9 Å². The van der Waals surface area contributed by atoms with Gasteiger partial charge in [-0.2, -0.15) is 5.10 Å².